The van der Waals surface area contributed by atoms with Crippen molar-refractivity contribution in [1.82, 2.24) is 20.2 Å². The van der Waals surface area contributed by atoms with Gasteiger partial charge in [-0.3, -0.25) is 0 Å². The Morgan fingerprint density at radius 1 is 1.45 bits per heavy atom. The van der Waals surface area contributed by atoms with Gasteiger partial charge in [0.2, 0.25) is 0 Å². The molecule has 7 heteroatoms. The molecule has 1 saturated carbocycles. The largest absolute Gasteiger partial charge is 0.398 e. The zero-order chi connectivity index (χ0) is 14.2. The van der Waals surface area contributed by atoms with Gasteiger partial charge < -0.3 is 10.5 Å². The van der Waals surface area contributed by atoms with Gasteiger partial charge in [-0.05, 0) is 63.8 Å². The summed E-state index contributed by atoms with van der Waals surface area (Å²) >= 11 is 3.39. The highest BCUT2D eigenvalue weighted by Gasteiger charge is 2.38. The Morgan fingerprint density at radius 3 is 2.85 bits per heavy atom. The number of nitrogen functional groups attached to an aromatic ring is 1. The van der Waals surface area contributed by atoms with E-state index < -0.39 is 0 Å². The molecule has 2 aromatic rings. The lowest BCUT2D eigenvalue weighted by atomic mass is 9.80. The summed E-state index contributed by atoms with van der Waals surface area (Å²) in [7, 11) is 1.75. The van der Waals surface area contributed by atoms with Crippen LogP contribution in [0.15, 0.2) is 22.7 Å². The predicted molar refractivity (Wildman–Crippen MR) is 79.0 cm³/mol. The summed E-state index contributed by atoms with van der Waals surface area (Å²) < 4.78 is 8.30. The smallest absolute Gasteiger partial charge is 0.182 e. The van der Waals surface area contributed by atoms with Crippen molar-refractivity contribution in [3.8, 4) is 11.4 Å². The molecule has 0 atom stereocenters. The number of benzene rings is 1. The molecular formula is C13H16BrN5O. The number of tetrazole rings is 1. The molecule has 1 aliphatic carbocycles. The first-order chi connectivity index (χ1) is 9.63. The van der Waals surface area contributed by atoms with Crippen LogP contribution in [0.3, 0.4) is 0 Å². The van der Waals surface area contributed by atoms with Crippen LogP contribution in [0.1, 0.15) is 19.3 Å². The highest BCUT2D eigenvalue weighted by atomic mass is 79.9. The van der Waals surface area contributed by atoms with Gasteiger partial charge in [-0.25, -0.2) is 4.68 Å². The van der Waals surface area contributed by atoms with Crippen molar-refractivity contribution in [1.29, 1.82) is 0 Å². The maximum atomic E-state index is 5.92. The summed E-state index contributed by atoms with van der Waals surface area (Å²) in [5, 5.41) is 12.0. The van der Waals surface area contributed by atoms with Crippen LogP contribution in [0.25, 0.3) is 11.4 Å². The van der Waals surface area contributed by atoms with Crippen molar-refractivity contribution in [2.75, 3.05) is 12.8 Å². The molecule has 0 saturated heterocycles. The van der Waals surface area contributed by atoms with E-state index in [4.69, 9.17) is 10.5 Å². The van der Waals surface area contributed by atoms with Crippen molar-refractivity contribution >= 4 is 21.6 Å². The standard InChI is InChI=1S/C13H16BrN5O/c1-20-13(5-2-6-13)8-19-12(16-17-18-19)9-3-4-10(14)11(15)7-9/h3-4,7H,2,5-6,8,15H2,1H3. The maximum Gasteiger partial charge on any atom is 0.182 e. The van der Waals surface area contributed by atoms with Crippen LogP contribution < -0.4 is 5.73 Å². The van der Waals surface area contributed by atoms with Crippen molar-refractivity contribution in [2.24, 2.45) is 0 Å². The third kappa shape index (κ3) is 2.31. The lowest BCUT2D eigenvalue weighted by molar-refractivity contribution is -0.0855. The molecule has 0 aliphatic heterocycles. The van der Waals surface area contributed by atoms with Crippen LogP contribution in [0.4, 0.5) is 5.69 Å². The van der Waals surface area contributed by atoms with Gasteiger partial charge in [0, 0.05) is 22.8 Å². The molecule has 20 heavy (non-hydrogen) atoms. The molecule has 0 radical (unpaired) electrons. The number of halogens is 1. The van der Waals surface area contributed by atoms with Crippen LogP contribution in [-0.2, 0) is 11.3 Å². The SMILES string of the molecule is COC1(Cn2nnnc2-c2ccc(Br)c(N)c2)CCC1. The summed E-state index contributed by atoms with van der Waals surface area (Å²) in [6, 6.07) is 5.72. The van der Waals surface area contributed by atoms with E-state index in [0.29, 0.717) is 18.1 Å². The molecule has 0 amide bonds. The van der Waals surface area contributed by atoms with Crippen LogP contribution in [0, 0.1) is 0 Å². The molecule has 6 nitrogen and oxygen atoms in total. The maximum absolute atomic E-state index is 5.92. The van der Waals surface area contributed by atoms with E-state index in [1.807, 2.05) is 18.2 Å². The molecule has 1 heterocycles. The first kappa shape index (κ1) is 13.5. The van der Waals surface area contributed by atoms with E-state index in [1.54, 1.807) is 11.8 Å². The van der Waals surface area contributed by atoms with Crippen molar-refractivity contribution in [3.63, 3.8) is 0 Å². The number of ether oxygens (including phenoxy) is 1. The highest BCUT2D eigenvalue weighted by Crippen LogP contribution is 2.37. The average molecular weight is 338 g/mol. The van der Waals surface area contributed by atoms with E-state index in [-0.39, 0.29) is 5.60 Å². The molecule has 3 rings (SSSR count). The molecule has 1 aromatic carbocycles. The summed E-state index contributed by atoms with van der Waals surface area (Å²) in [4.78, 5) is 0. The Bertz CT molecular complexity index is 617. The minimum atomic E-state index is -0.120. The zero-order valence-electron chi connectivity index (χ0n) is 11.2. The monoisotopic (exact) mass is 337 g/mol. The van der Waals surface area contributed by atoms with E-state index in [0.717, 1.165) is 22.9 Å². The van der Waals surface area contributed by atoms with Gasteiger partial charge in [0.1, 0.15) is 0 Å². The Kier molecular flexibility index (Phi) is 3.47. The Labute approximate surface area is 125 Å². The quantitative estimate of drug-likeness (QED) is 0.865. The second-order valence-corrected chi connectivity index (χ2v) is 5.99. The normalized spacial score (nSPS) is 16.9. The molecule has 0 unspecified atom stereocenters. The molecule has 1 fully saturated rings. The van der Waals surface area contributed by atoms with Gasteiger partial charge in [0.25, 0.3) is 0 Å². The molecule has 1 aromatic heterocycles. The van der Waals surface area contributed by atoms with Gasteiger partial charge >= 0.3 is 0 Å². The average Bonchev–Trinajstić information content (AvgIpc) is 2.85. The second kappa shape index (κ2) is 5.14. The fraction of sp³-hybridized carbons (Fsp3) is 0.462. The summed E-state index contributed by atoms with van der Waals surface area (Å²) in [6.45, 7) is 0.668. The van der Waals surface area contributed by atoms with Crippen molar-refractivity contribution in [2.45, 2.75) is 31.4 Å². The predicted octanol–water partition coefficient (Wildman–Crippen LogP) is 2.25. The van der Waals surface area contributed by atoms with E-state index in [9.17, 15) is 0 Å². The highest BCUT2D eigenvalue weighted by molar-refractivity contribution is 9.10. The first-order valence-electron chi connectivity index (χ1n) is 6.50. The molecule has 106 valence electrons. The third-order valence-electron chi connectivity index (χ3n) is 3.92. The fourth-order valence-electron chi connectivity index (χ4n) is 2.47. The molecule has 0 bridgehead atoms. The minimum Gasteiger partial charge on any atom is -0.398 e. The molecule has 1 aliphatic rings. The number of nitrogens with zero attached hydrogens (tertiary/aromatic N) is 4. The number of hydrogen-bond acceptors (Lipinski definition) is 5. The molecule has 2 N–H and O–H groups in total. The number of anilines is 1. The Morgan fingerprint density at radius 2 is 2.25 bits per heavy atom. The van der Waals surface area contributed by atoms with E-state index in [2.05, 4.69) is 31.5 Å². The third-order valence-corrected chi connectivity index (χ3v) is 4.64. The minimum absolute atomic E-state index is 0.120. The number of rotatable bonds is 4. The van der Waals surface area contributed by atoms with E-state index >= 15 is 0 Å². The van der Waals surface area contributed by atoms with Gasteiger partial charge in [-0.2, -0.15) is 0 Å². The summed E-state index contributed by atoms with van der Waals surface area (Å²) in [5.41, 5.74) is 7.37. The zero-order valence-corrected chi connectivity index (χ0v) is 12.8. The van der Waals surface area contributed by atoms with Crippen LogP contribution in [0.2, 0.25) is 0 Å². The van der Waals surface area contributed by atoms with Gasteiger partial charge in [-0.15, -0.1) is 5.10 Å². The Hall–Kier alpha value is -1.47. The fourth-order valence-corrected chi connectivity index (χ4v) is 2.72. The van der Waals surface area contributed by atoms with Crippen LogP contribution >= 0.6 is 15.9 Å². The number of hydrogen-bond donors (Lipinski definition) is 1. The lowest BCUT2D eigenvalue weighted by Gasteiger charge is -2.40. The number of nitrogens with two attached hydrogens (primary N) is 1. The van der Waals surface area contributed by atoms with Gasteiger partial charge in [0.15, 0.2) is 5.82 Å². The molecular weight excluding hydrogens is 322 g/mol. The topological polar surface area (TPSA) is 78.8 Å². The number of methoxy groups -OCH3 is 1. The van der Waals surface area contributed by atoms with Gasteiger partial charge in [-0.1, -0.05) is 0 Å². The molecule has 0 spiro atoms. The van der Waals surface area contributed by atoms with Crippen LogP contribution in [0.5, 0.6) is 0 Å². The summed E-state index contributed by atoms with van der Waals surface area (Å²) in [6.07, 6.45) is 3.28. The van der Waals surface area contributed by atoms with E-state index in [1.165, 1.54) is 6.42 Å². The number of aromatic nitrogens is 4. The summed E-state index contributed by atoms with van der Waals surface area (Å²) in [5.74, 6) is 0.715. The first-order valence-corrected chi connectivity index (χ1v) is 7.30. The van der Waals surface area contributed by atoms with Crippen molar-refractivity contribution < 1.29 is 4.74 Å². The van der Waals surface area contributed by atoms with Gasteiger partial charge in [0.05, 0.1) is 12.1 Å². The van der Waals surface area contributed by atoms with Crippen molar-refractivity contribution in [3.05, 3.63) is 22.7 Å². The lowest BCUT2D eigenvalue weighted by Crippen LogP contribution is -2.43. The second-order valence-electron chi connectivity index (χ2n) is 5.14. The van der Waals surface area contributed by atoms with Crippen LogP contribution in [-0.4, -0.2) is 32.9 Å². The Balaban J connectivity index is 1.91.